The lowest BCUT2D eigenvalue weighted by molar-refractivity contribution is -0.138. The molecule has 0 fully saturated rings. The number of hydrogen-bond donors (Lipinski definition) is 0. The Labute approximate surface area is 137 Å². The lowest BCUT2D eigenvalue weighted by Gasteiger charge is -2.10. The molecule has 0 saturated heterocycles. The van der Waals surface area contributed by atoms with Crippen molar-refractivity contribution in [1.82, 2.24) is 0 Å². The Morgan fingerprint density at radius 2 is 1.57 bits per heavy atom. The van der Waals surface area contributed by atoms with Crippen LogP contribution >= 0.6 is 15.9 Å². The Hall–Kier alpha value is -1.90. The van der Waals surface area contributed by atoms with Crippen LogP contribution in [0.3, 0.4) is 0 Å². The first-order valence-electron chi connectivity index (χ1n) is 6.32. The summed E-state index contributed by atoms with van der Waals surface area (Å²) in [4.78, 5) is 24.0. The van der Waals surface area contributed by atoms with E-state index in [9.17, 15) is 27.2 Å². The lowest BCUT2D eigenvalue weighted by atomic mass is 10.0. The first-order chi connectivity index (χ1) is 10.8. The molecule has 23 heavy (non-hydrogen) atoms. The van der Waals surface area contributed by atoms with E-state index in [0.29, 0.717) is 6.26 Å². The van der Waals surface area contributed by atoms with E-state index in [-0.39, 0.29) is 13.2 Å². The maximum absolute atomic E-state index is 13.8. The van der Waals surface area contributed by atoms with Crippen LogP contribution in [-0.2, 0) is 14.3 Å². The van der Waals surface area contributed by atoms with E-state index in [1.165, 1.54) is 13.8 Å². The summed E-state index contributed by atoms with van der Waals surface area (Å²) < 4.78 is 62.2. The Balaban J connectivity index is 3.49. The molecule has 0 saturated carbocycles. The van der Waals surface area contributed by atoms with Gasteiger partial charge in [0.2, 0.25) is 5.78 Å². The molecule has 0 spiro atoms. The number of esters is 1. The number of Topliss-reactive ketones (excluding diaryl/α,β-unsaturated/α-hetero) is 1. The summed E-state index contributed by atoms with van der Waals surface area (Å²) in [7, 11) is 0. The summed E-state index contributed by atoms with van der Waals surface area (Å²) in [6, 6.07) is 0. The second-order valence-corrected chi connectivity index (χ2v) is 4.77. The fourth-order valence-corrected chi connectivity index (χ4v) is 2.04. The molecule has 126 valence electrons. The van der Waals surface area contributed by atoms with Crippen molar-refractivity contribution in [3.63, 3.8) is 0 Å². The number of ether oxygens (including phenoxy) is 2. The Morgan fingerprint density at radius 3 is 2.09 bits per heavy atom. The second-order valence-electron chi connectivity index (χ2n) is 3.98. The van der Waals surface area contributed by atoms with Crippen LogP contribution in [0.25, 0.3) is 0 Å². The molecule has 0 aliphatic heterocycles. The standard InChI is InChI=1S/C14H11BrF4O4/c1-3-22-5-6(14(21)23-4-2)13(20)7-8(15)10(17)12(19)11(18)9(7)16/h5H,3-4H2,1-2H3/b6-5-. The second kappa shape index (κ2) is 8.09. The molecule has 1 aromatic carbocycles. The molecule has 0 atom stereocenters. The van der Waals surface area contributed by atoms with Crippen LogP contribution in [-0.4, -0.2) is 25.0 Å². The molecule has 0 N–H and O–H groups in total. The maximum atomic E-state index is 13.8. The van der Waals surface area contributed by atoms with Crippen molar-refractivity contribution < 1.29 is 36.6 Å². The van der Waals surface area contributed by atoms with Gasteiger partial charge in [0, 0.05) is 0 Å². The van der Waals surface area contributed by atoms with Gasteiger partial charge >= 0.3 is 5.97 Å². The summed E-state index contributed by atoms with van der Waals surface area (Å²) in [5.74, 6) is -10.6. The minimum atomic E-state index is -2.17. The molecular weight excluding hydrogens is 388 g/mol. The van der Waals surface area contributed by atoms with Crippen LogP contribution in [0.5, 0.6) is 0 Å². The lowest BCUT2D eigenvalue weighted by Crippen LogP contribution is -2.20. The van der Waals surface area contributed by atoms with Crippen LogP contribution in [0.2, 0.25) is 0 Å². The molecule has 0 heterocycles. The number of hydrogen-bond acceptors (Lipinski definition) is 4. The third-order valence-electron chi connectivity index (χ3n) is 2.54. The molecule has 0 radical (unpaired) electrons. The molecule has 0 aromatic heterocycles. The number of halogens is 5. The molecule has 4 nitrogen and oxygen atoms in total. The van der Waals surface area contributed by atoms with Crippen molar-refractivity contribution in [3.8, 4) is 0 Å². The summed E-state index contributed by atoms with van der Waals surface area (Å²) in [5, 5.41) is 0. The third kappa shape index (κ3) is 3.90. The molecule has 0 amide bonds. The average Bonchev–Trinajstić information content (AvgIpc) is 2.52. The van der Waals surface area contributed by atoms with Crippen molar-refractivity contribution >= 4 is 27.7 Å². The van der Waals surface area contributed by atoms with Gasteiger partial charge < -0.3 is 9.47 Å². The highest BCUT2D eigenvalue weighted by Gasteiger charge is 2.32. The zero-order valence-electron chi connectivity index (χ0n) is 12.0. The maximum Gasteiger partial charge on any atom is 0.345 e. The van der Waals surface area contributed by atoms with E-state index in [1.807, 2.05) is 0 Å². The van der Waals surface area contributed by atoms with Gasteiger partial charge in [-0.1, -0.05) is 0 Å². The van der Waals surface area contributed by atoms with E-state index in [0.717, 1.165) is 0 Å². The quantitative estimate of drug-likeness (QED) is 0.0844. The van der Waals surface area contributed by atoms with E-state index in [2.05, 4.69) is 20.7 Å². The molecule has 0 aliphatic rings. The van der Waals surface area contributed by atoms with Gasteiger partial charge in [0.15, 0.2) is 23.3 Å². The minimum Gasteiger partial charge on any atom is -0.500 e. The minimum absolute atomic E-state index is 0.0615. The highest BCUT2D eigenvalue weighted by Crippen LogP contribution is 2.30. The molecule has 1 aromatic rings. The molecule has 0 bridgehead atoms. The van der Waals surface area contributed by atoms with Crippen LogP contribution in [0, 0.1) is 23.3 Å². The highest BCUT2D eigenvalue weighted by atomic mass is 79.9. The van der Waals surface area contributed by atoms with Gasteiger partial charge in [-0.25, -0.2) is 22.4 Å². The van der Waals surface area contributed by atoms with Crippen LogP contribution in [0.4, 0.5) is 17.6 Å². The summed E-state index contributed by atoms with van der Waals surface area (Å²) in [6.07, 6.45) is 0.686. The fourth-order valence-electron chi connectivity index (χ4n) is 1.51. The van der Waals surface area contributed by atoms with Crippen molar-refractivity contribution in [2.45, 2.75) is 13.8 Å². The van der Waals surface area contributed by atoms with Gasteiger partial charge in [0.25, 0.3) is 0 Å². The van der Waals surface area contributed by atoms with E-state index < -0.39 is 50.6 Å². The van der Waals surface area contributed by atoms with Gasteiger partial charge in [-0.15, -0.1) is 0 Å². The van der Waals surface area contributed by atoms with Crippen molar-refractivity contribution in [1.29, 1.82) is 0 Å². The smallest absolute Gasteiger partial charge is 0.345 e. The predicted molar refractivity (Wildman–Crippen MR) is 74.6 cm³/mol. The van der Waals surface area contributed by atoms with Gasteiger partial charge in [0.1, 0.15) is 11.8 Å². The molecule has 1 rings (SSSR count). The highest BCUT2D eigenvalue weighted by molar-refractivity contribution is 9.10. The summed E-state index contributed by atoms with van der Waals surface area (Å²) >= 11 is 2.48. The summed E-state index contributed by atoms with van der Waals surface area (Å²) in [6.45, 7) is 2.95. The zero-order valence-corrected chi connectivity index (χ0v) is 13.6. The topological polar surface area (TPSA) is 52.6 Å². The van der Waals surface area contributed by atoms with E-state index in [1.54, 1.807) is 0 Å². The number of carbonyl (C=O) groups excluding carboxylic acids is 2. The Bertz CT molecular complexity index is 644. The zero-order chi connectivity index (χ0) is 17.7. The number of carbonyl (C=O) groups is 2. The molecule has 9 heteroatoms. The van der Waals surface area contributed by atoms with Crippen LogP contribution in [0.1, 0.15) is 24.2 Å². The number of ketones is 1. The Kier molecular flexibility index (Phi) is 6.74. The van der Waals surface area contributed by atoms with Crippen LogP contribution < -0.4 is 0 Å². The summed E-state index contributed by atoms with van der Waals surface area (Å²) in [5.41, 5.74) is -1.97. The van der Waals surface area contributed by atoms with Crippen molar-refractivity contribution in [2.75, 3.05) is 13.2 Å². The first-order valence-corrected chi connectivity index (χ1v) is 7.12. The number of rotatable bonds is 6. The molecule has 0 unspecified atom stereocenters. The SMILES string of the molecule is CCO/C=C(\C(=O)OCC)C(=O)c1c(F)c(F)c(F)c(F)c1Br. The normalized spacial score (nSPS) is 11.3. The predicted octanol–water partition coefficient (Wildman–Crippen LogP) is 3.67. The molecule has 0 aliphatic carbocycles. The average molecular weight is 399 g/mol. The van der Waals surface area contributed by atoms with E-state index >= 15 is 0 Å². The van der Waals surface area contributed by atoms with Gasteiger partial charge in [-0.2, -0.15) is 0 Å². The van der Waals surface area contributed by atoms with E-state index in [4.69, 9.17) is 4.74 Å². The van der Waals surface area contributed by atoms with Gasteiger partial charge in [-0.05, 0) is 29.8 Å². The van der Waals surface area contributed by atoms with Crippen molar-refractivity contribution in [3.05, 3.63) is 45.1 Å². The third-order valence-corrected chi connectivity index (χ3v) is 3.29. The van der Waals surface area contributed by atoms with Gasteiger partial charge in [-0.3, -0.25) is 4.79 Å². The van der Waals surface area contributed by atoms with Crippen LogP contribution in [0.15, 0.2) is 16.3 Å². The largest absolute Gasteiger partial charge is 0.500 e. The van der Waals surface area contributed by atoms with Gasteiger partial charge in [0.05, 0.1) is 23.2 Å². The molecular formula is C14H11BrF4O4. The fraction of sp³-hybridized carbons (Fsp3) is 0.286. The number of benzene rings is 1. The monoisotopic (exact) mass is 398 g/mol. The first kappa shape index (κ1) is 19.1. The Morgan fingerprint density at radius 1 is 1.00 bits per heavy atom. The van der Waals surface area contributed by atoms with Crippen molar-refractivity contribution in [2.24, 2.45) is 0 Å².